The van der Waals surface area contributed by atoms with Gasteiger partial charge in [-0.2, -0.15) is 0 Å². The summed E-state index contributed by atoms with van der Waals surface area (Å²) in [5.41, 5.74) is 1.03. The van der Waals surface area contributed by atoms with Crippen LogP contribution in [0.3, 0.4) is 0 Å². The Labute approximate surface area is 83.3 Å². The van der Waals surface area contributed by atoms with E-state index in [0.717, 1.165) is 5.56 Å². The van der Waals surface area contributed by atoms with E-state index in [-0.39, 0.29) is 19.6 Å². The summed E-state index contributed by atoms with van der Waals surface area (Å²) in [5, 5.41) is 8.46. The maximum Gasteiger partial charge on any atom is 0.126 e. The van der Waals surface area contributed by atoms with Gasteiger partial charge in [-0.1, -0.05) is 30.3 Å². The number of rotatable bonds is 6. The maximum atomic E-state index is 12.8. The third kappa shape index (κ3) is 4.35. The molecule has 0 saturated heterocycles. The Morgan fingerprint density at radius 2 is 2.00 bits per heavy atom. The first kappa shape index (κ1) is 11.1. The van der Waals surface area contributed by atoms with Crippen molar-refractivity contribution in [3.8, 4) is 0 Å². The third-order valence-corrected chi connectivity index (χ3v) is 1.85. The SMILES string of the molecule is OCC[C@H](F)COCc1ccccc1. The van der Waals surface area contributed by atoms with E-state index >= 15 is 0 Å². The van der Waals surface area contributed by atoms with Crippen LogP contribution in [-0.2, 0) is 11.3 Å². The Morgan fingerprint density at radius 1 is 1.29 bits per heavy atom. The van der Waals surface area contributed by atoms with Gasteiger partial charge in [0.25, 0.3) is 0 Å². The van der Waals surface area contributed by atoms with Gasteiger partial charge in [0, 0.05) is 13.0 Å². The molecule has 1 aromatic carbocycles. The van der Waals surface area contributed by atoms with Crippen LogP contribution in [0.2, 0.25) is 0 Å². The standard InChI is InChI=1S/C11H15FO2/c12-11(6-7-13)9-14-8-10-4-2-1-3-5-10/h1-5,11,13H,6-9H2/t11-/m0/s1. The molecule has 0 heterocycles. The Hall–Kier alpha value is -0.930. The van der Waals surface area contributed by atoms with E-state index in [0.29, 0.717) is 6.61 Å². The second-order valence-electron chi connectivity index (χ2n) is 3.11. The monoisotopic (exact) mass is 198 g/mol. The first-order valence-corrected chi connectivity index (χ1v) is 4.69. The molecule has 0 fully saturated rings. The van der Waals surface area contributed by atoms with Crippen molar-refractivity contribution in [2.24, 2.45) is 0 Å². The van der Waals surface area contributed by atoms with Gasteiger partial charge >= 0.3 is 0 Å². The second-order valence-corrected chi connectivity index (χ2v) is 3.11. The van der Waals surface area contributed by atoms with Gasteiger partial charge in [-0.05, 0) is 5.56 Å². The molecule has 0 saturated carbocycles. The molecule has 0 aliphatic heterocycles. The molecule has 0 radical (unpaired) electrons. The molecule has 0 amide bonds. The summed E-state index contributed by atoms with van der Waals surface area (Å²) in [5.74, 6) is 0. The molecule has 0 spiro atoms. The Bertz CT molecular complexity index is 238. The predicted octanol–water partition coefficient (Wildman–Crippen LogP) is 1.92. The highest BCUT2D eigenvalue weighted by atomic mass is 19.1. The van der Waals surface area contributed by atoms with Crippen molar-refractivity contribution in [1.29, 1.82) is 0 Å². The topological polar surface area (TPSA) is 29.5 Å². The molecular weight excluding hydrogens is 183 g/mol. The number of hydrogen-bond donors (Lipinski definition) is 1. The number of benzene rings is 1. The van der Waals surface area contributed by atoms with E-state index in [1.807, 2.05) is 30.3 Å². The zero-order valence-corrected chi connectivity index (χ0v) is 8.03. The van der Waals surface area contributed by atoms with E-state index in [1.54, 1.807) is 0 Å². The smallest absolute Gasteiger partial charge is 0.126 e. The van der Waals surface area contributed by atoms with Gasteiger partial charge in [-0.25, -0.2) is 4.39 Å². The number of aliphatic hydroxyl groups excluding tert-OH is 1. The highest BCUT2D eigenvalue weighted by molar-refractivity contribution is 5.13. The van der Waals surface area contributed by atoms with E-state index in [9.17, 15) is 4.39 Å². The van der Waals surface area contributed by atoms with Gasteiger partial charge in [0.1, 0.15) is 6.17 Å². The molecule has 1 N–H and O–H groups in total. The average Bonchev–Trinajstić information content (AvgIpc) is 2.20. The summed E-state index contributed by atoms with van der Waals surface area (Å²) >= 11 is 0. The minimum absolute atomic E-state index is 0.0510. The largest absolute Gasteiger partial charge is 0.396 e. The number of aliphatic hydroxyl groups is 1. The molecule has 1 rings (SSSR count). The quantitative estimate of drug-likeness (QED) is 0.756. The van der Waals surface area contributed by atoms with Crippen LogP contribution in [0.4, 0.5) is 4.39 Å². The molecule has 0 unspecified atom stereocenters. The molecule has 0 aliphatic carbocycles. The van der Waals surface area contributed by atoms with Gasteiger partial charge in [-0.3, -0.25) is 0 Å². The van der Waals surface area contributed by atoms with Crippen LogP contribution in [0.15, 0.2) is 30.3 Å². The van der Waals surface area contributed by atoms with Crippen LogP contribution in [0.1, 0.15) is 12.0 Å². The molecule has 2 nitrogen and oxygen atoms in total. The van der Waals surface area contributed by atoms with Crippen molar-refractivity contribution in [3.63, 3.8) is 0 Å². The number of hydrogen-bond acceptors (Lipinski definition) is 2. The van der Waals surface area contributed by atoms with Crippen molar-refractivity contribution in [3.05, 3.63) is 35.9 Å². The molecule has 1 atom stereocenters. The summed E-state index contributed by atoms with van der Waals surface area (Å²) in [6.45, 7) is 0.345. The molecule has 0 aliphatic rings. The van der Waals surface area contributed by atoms with Gasteiger partial charge in [0.2, 0.25) is 0 Å². The molecule has 3 heteroatoms. The van der Waals surface area contributed by atoms with Crippen molar-refractivity contribution >= 4 is 0 Å². The first-order valence-electron chi connectivity index (χ1n) is 4.69. The summed E-state index contributed by atoms with van der Waals surface area (Å²) in [4.78, 5) is 0. The van der Waals surface area contributed by atoms with Crippen molar-refractivity contribution < 1.29 is 14.2 Å². The minimum atomic E-state index is -1.07. The van der Waals surface area contributed by atoms with Gasteiger partial charge in [-0.15, -0.1) is 0 Å². The third-order valence-electron chi connectivity index (χ3n) is 1.85. The summed E-state index contributed by atoms with van der Waals surface area (Å²) < 4.78 is 18.0. The summed E-state index contributed by atoms with van der Waals surface area (Å²) in [6.07, 6.45) is -0.918. The van der Waals surface area contributed by atoms with Crippen LogP contribution >= 0.6 is 0 Å². The zero-order valence-electron chi connectivity index (χ0n) is 8.03. The van der Waals surface area contributed by atoms with Crippen LogP contribution < -0.4 is 0 Å². The Morgan fingerprint density at radius 3 is 2.64 bits per heavy atom. The highest BCUT2D eigenvalue weighted by Crippen LogP contribution is 2.03. The normalized spacial score (nSPS) is 12.7. The Kier molecular flexibility index (Phi) is 5.19. The number of halogens is 1. The van der Waals surface area contributed by atoms with Gasteiger partial charge in [0.05, 0.1) is 13.2 Å². The van der Waals surface area contributed by atoms with E-state index in [2.05, 4.69) is 0 Å². The fraction of sp³-hybridized carbons (Fsp3) is 0.455. The Balaban J connectivity index is 2.16. The molecular formula is C11H15FO2. The van der Waals surface area contributed by atoms with E-state index < -0.39 is 6.17 Å². The fourth-order valence-electron chi connectivity index (χ4n) is 1.10. The molecule has 14 heavy (non-hydrogen) atoms. The van der Waals surface area contributed by atoms with Crippen LogP contribution in [0.25, 0.3) is 0 Å². The molecule has 1 aromatic rings. The van der Waals surface area contributed by atoms with E-state index in [4.69, 9.17) is 9.84 Å². The minimum Gasteiger partial charge on any atom is -0.396 e. The van der Waals surface area contributed by atoms with E-state index in [1.165, 1.54) is 0 Å². The fourth-order valence-corrected chi connectivity index (χ4v) is 1.10. The van der Waals surface area contributed by atoms with Crippen molar-refractivity contribution in [2.45, 2.75) is 19.2 Å². The predicted molar refractivity (Wildman–Crippen MR) is 52.7 cm³/mol. The van der Waals surface area contributed by atoms with Crippen molar-refractivity contribution in [1.82, 2.24) is 0 Å². The summed E-state index contributed by atoms with van der Waals surface area (Å²) in [6, 6.07) is 9.62. The van der Waals surface area contributed by atoms with Crippen LogP contribution in [0, 0.1) is 0 Å². The molecule has 0 bridgehead atoms. The lowest BCUT2D eigenvalue weighted by atomic mass is 10.2. The number of ether oxygens (including phenoxy) is 1. The van der Waals surface area contributed by atoms with Gasteiger partial charge in [0.15, 0.2) is 0 Å². The molecule has 0 aromatic heterocycles. The van der Waals surface area contributed by atoms with Crippen molar-refractivity contribution in [2.75, 3.05) is 13.2 Å². The molecule has 78 valence electrons. The van der Waals surface area contributed by atoms with Crippen LogP contribution in [0.5, 0.6) is 0 Å². The van der Waals surface area contributed by atoms with Gasteiger partial charge < -0.3 is 9.84 Å². The number of alkyl halides is 1. The average molecular weight is 198 g/mol. The lowest BCUT2D eigenvalue weighted by Crippen LogP contribution is -2.11. The lowest BCUT2D eigenvalue weighted by Gasteiger charge is -2.07. The highest BCUT2D eigenvalue weighted by Gasteiger charge is 2.04. The second kappa shape index (κ2) is 6.51. The maximum absolute atomic E-state index is 12.8. The first-order chi connectivity index (χ1) is 6.83. The lowest BCUT2D eigenvalue weighted by molar-refractivity contribution is 0.0590. The summed E-state index contributed by atoms with van der Waals surface area (Å²) in [7, 11) is 0. The van der Waals surface area contributed by atoms with Crippen LogP contribution in [-0.4, -0.2) is 24.5 Å². The zero-order chi connectivity index (χ0) is 10.2.